The van der Waals surface area contributed by atoms with E-state index >= 15 is 0 Å². The Labute approximate surface area is 69.8 Å². The molecule has 0 saturated heterocycles. The third-order valence-electron chi connectivity index (χ3n) is 2.54. The maximum Gasteiger partial charge on any atom is -0.00204 e. The number of nitrogens with two attached hydrogens (primary N) is 1. The van der Waals surface area contributed by atoms with Gasteiger partial charge in [0.15, 0.2) is 0 Å². The van der Waals surface area contributed by atoms with Crippen molar-refractivity contribution in [2.45, 2.75) is 27.2 Å². The Balaban J connectivity index is 3.94. The Morgan fingerprint density at radius 2 is 2.00 bits per heavy atom. The summed E-state index contributed by atoms with van der Waals surface area (Å²) in [6.45, 7) is 7.44. The molecule has 0 spiro atoms. The van der Waals surface area contributed by atoms with Gasteiger partial charge in [0.25, 0.3) is 0 Å². The van der Waals surface area contributed by atoms with E-state index in [9.17, 15) is 0 Å². The normalized spacial score (nSPS) is 17.4. The van der Waals surface area contributed by atoms with E-state index in [2.05, 4.69) is 33.4 Å². The molecule has 62 valence electrons. The molecule has 0 rings (SSSR count). The molecule has 0 radical (unpaired) electrons. The summed E-state index contributed by atoms with van der Waals surface area (Å²) in [6.07, 6.45) is 1.12. The van der Waals surface area contributed by atoms with E-state index in [1.54, 1.807) is 0 Å². The Kier molecular flexibility index (Phi) is 4.37. The SMILES string of the molecule is CC(C)C(C)(CN)CCS. The molecule has 0 fully saturated rings. The lowest BCUT2D eigenvalue weighted by Crippen LogP contribution is -2.32. The van der Waals surface area contributed by atoms with Gasteiger partial charge in [-0.25, -0.2) is 0 Å². The van der Waals surface area contributed by atoms with Gasteiger partial charge in [-0.15, -0.1) is 0 Å². The van der Waals surface area contributed by atoms with E-state index in [0.29, 0.717) is 11.3 Å². The van der Waals surface area contributed by atoms with Crippen LogP contribution in [0.2, 0.25) is 0 Å². The van der Waals surface area contributed by atoms with Crippen LogP contribution in [0.5, 0.6) is 0 Å². The van der Waals surface area contributed by atoms with Crippen molar-refractivity contribution in [3.05, 3.63) is 0 Å². The predicted molar refractivity (Wildman–Crippen MR) is 50.5 cm³/mol. The third kappa shape index (κ3) is 2.51. The Morgan fingerprint density at radius 1 is 1.50 bits per heavy atom. The average Bonchev–Trinajstić information content (AvgIpc) is 1.88. The fourth-order valence-corrected chi connectivity index (χ4v) is 1.39. The number of rotatable bonds is 4. The van der Waals surface area contributed by atoms with Gasteiger partial charge in [-0.3, -0.25) is 0 Å². The van der Waals surface area contributed by atoms with E-state index in [1.807, 2.05) is 0 Å². The van der Waals surface area contributed by atoms with E-state index < -0.39 is 0 Å². The molecule has 0 aliphatic carbocycles. The van der Waals surface area contributed by atoms with Crippen molar-refractivity contribution in [3.8, 4) is 0 Å². The van der Waals surface area contributed by atoms with Crippen molar-refractivity contribution >= 4 is 12.6 Å². The first-order valence-electron chi connectivity index (χ1n) is 3.87. The predicted octanol–water partition coefficient (Wildman–Crippen LogP) is 1.93. The molecule has 2 N–H and O–H groups in total. The summed E-state index contributed by atoms with van der Waals surface area (Å²) >= 11 is 4.21. The molecular weight excluding hydrogens is 142 g/mol. The highest BCUT2D eigenvalue weighted by molar-refractivity contribution is 7.80. The largest absolute Gasteiger partial charge is 0.330 e. The van der Waals surface area contributed by atoms with Gasteiger partial charge in [-0.05, 0) is 30.1 Å². The summed E-state index contributed by atoms with van der Waals surface area (Å²) in [5.74, 6) is 1.59. The van der Waals surface area contributed by atoms with Gasteiger partial charge < -0.3 is 5.73 Å². The van der Waals surface area contributed by atoms with Gasteiger partial charge in [0.2, 0.25) is 0 Å². The van der Waals surface area contributed by atoms with Crippen LogP contribution < -0.4 is 5.73 Å². The van der Waals surface area contributed by atoms with Crippen molar-refractivity contribution in [1.82, 2.24) is 0 Å². The van der Waals surface area contributed by atoms with Crippen LogP contribution in [0.1, 0.15) is 27.2 Å². The fourth-order valence-electron chi connectivity index (χ4n) is 0.882. The van der Waals surface area contributed by atoms with Crippen LogP contribution in [0.25, 0.3) is 0 Å². The molecule has 0 saturated carbocycles. The molecule has 0 amide bonds. The van der Waals surface area contributed by atoms with Crippen LogP contribution in [0.3, 0.4) is 0 Å². The summed E-state index contributed by atoms with van der Waals surface area (Å²) in [5, 5.41) is 0. The fraction of sp³-hybridized carbons (Fsp3) is 1.00. The van der Waals surface area contributed by atoms with E-state index in [1.165, 1.54) is 0 Å². The second kappa shape index (κ2) is 4.24. The van der Waals surface area contributed by atoms with Crippen molar-refractivity contribution < 1.29 is 0 Å². The lowest BCUT2D eigenvalue weighted by atomic mass is 9.77. The average molecular weight is 161 g/mol. The summed E-state index contributed by atoms with van der Waals surface area (Å²) in [6, 6.07) is 0. The minimum absolute atomic E-state index is 0.293. The minimum Gasteiger partial charge on any atom is -0.330 e. The maximum absolute atomic E-state index is 5.66. The van der Waals surface area contributed by atoms with Crippen molar-refractivity contribution in [2.75, 3.05) is 12.3 Å². The van der Waals surface area contributed by atoms with Gasteiger partial charge in [0.05, 0.1) is 0 Å². The zero-order valence-corrected chi connectivity index (χ0v) is 8.12. The summed E-state index contributed by atoms with van der Waals surface area (Å²) in [7, 11) is 0. The van der Waals surface area contributed by atoms with Gasteiger partial charge in [-0.1, -0.05) is 20.8 Å². The minimum atomic E-state index is 0.293. The van der Waals surface area contributed by atoms with Gasteiger partial charge in [-0.2, -0.15) is 12.6 Å². The van der Waals surface area contributed by atoms with Crippen molar-refractivity contribution in [2.24, 2.45) is 17.1 Å². The van der Waals surface area contributed by atoms with Crippen molar-refractivity contribution in [1.29, 1.82) is 0 Å². The summed E-state index contributed by atoms with van der Waals surface area (Å²) < 4.78 is 0. The molecule has 10 heavy (non-hydrogen) atoms. The molecule has 2 heteroatoms. The highest BCUT2D eigenvalue weighted by Gasteiger charge is 2.25. The zero-order chi connectivity index (χ0) is 8.20. The molecule has 0 aliphatic rings. The van der Waals surface area contributed by atoms with E-state index in [-0.39, 0.29) is 0 Å². The monoisotopic (exact) mass is 161 g/mol. The molecule has 0 bridgehead atoms. The first-order chi connectivity index (χ1) is 4.56. The number of thiol groups is 1. The van der Waals surface area contributed by atoms with E-state index in [0.717, 1.165) is 18.7 Å². The topological polar surface area (TPSA) is 26.0 Å². The highest BCUT2D eigenvalue weighted by atomic mass is 32.1. The molecule has 0 aromatic heterocycles. The molecular formula is C8H19NS. The Hall–Kier alpha value is 0.310. The van der Waals surface area contributed by atoms with E-state index in [4.69, 9.17) is 5.73 Å². The lowest BCUT2D eigenvalue weighted by Gasteiger charge is -2.31. The Bertz CT molecular complexity index is 93.3. The maximum atomic E-state index is 5.66. The Morgan fingerprint density at radius 3 is 2.10 bits per heavy atom. The summed E-state index contributed by atoms with van der Waals surface area (Å²) in [4.78, 5) is 0. The molecule has 0 aromatic rings. The van der Waals surface area contributed by atoms with Crippen molar-refractivity contribution in [3.63, 3.8) is 0 Å². The van der Waals surface area contributed by atoms with Gasteiger partial charge in [0.1, 0.15) is 0 Å². The smallest absolute Gasteiger partial charge is 0.00204 e. The van der Waals surface area contributed by atoms with Crippen LogP contribution in [0, 0.1) is 11.3 Å². The van der Waals surface area contributed by atoms with Crippen LogP contribution >= 0.6 is 12.6 Å². The molecule has 1 nitrogen and oxygen atoms in total. The number of hydrogen-bond donors (Lipinski definition) is 2. The zero-order valence-electron chi connectivity index (χ0n) is 7.22. The van der Waals surface area contributed by atoms with Gasteiger partial charge in [0, 0.05) is 0 Å². The molecule has 1 unspecified atom stereocenters. The first-order valence-corrected chi connectivity index (χ1v) is 4.51. The first kappa shape index (κ1) is 10.3. The standard InChI is InChI=1S/C8H19NS/c1-7(2)8(3,6-9)4-5-10/h7,10H,4-6,9H2,1-3H3. The quantitative estimate of drug-likeness (QED) is 0.605. The molecule has 0 heterocycles. The molecule has 0 aliphatic heterocycles. The molecule has 1 atom stereocenters. The van der Waals surface area contributed by atoms with Crippen LogP contribution in [0.4, 0.5) is 0 Å². The number of hydrogen-bond acceptors (Lipinski definition) is 2. The van der Waals surface area contributed by atoms with Crippen LogP contribution in [-0.4, -0.2) is 12.3 Å². The van der Waals surface area contributed by atoms with Crippen LogP contribution in [0.15, 0.2) is 0 Å². The highest BCUT2D eigenvalue weighted by Crippen LogP contribution is 2.29. The second-order valence-corrected chi connectivity index (χ2v) is 3.93. The van der Waals surface area contributed by atoms with Gasteiger partial charge >= 0.3 is 0 Å². The third-order valence-corrected chi connectivity index (χ3v) is 2.77. The lowest BCUT2D eigenvalue weighted by molar-refractivity contribution is 0.222. The molecule has 0 aromatic carbocycles. The van der Waals surface area contributed by atoms with Crippen LogP contribution in [-0.2, 0) is 0 Å². The second-order valence-electron chi connectivity index (χ2n) is 3.49. The summed E-state index contributed by atoms with van der Waals surface area (Å²) in [5.41, 5.74) is 5.95.